The summed E-state index contributed by atoms with van der Waals surface area (Å²) in [5, 5.41) is 6.93. The van der Waals surface area contributed by atoms with Crippen LogP contribution < -0.4 is 10.5 Å². The molecular weight excluding hydrogens is 240 g/mol. The van der Waals surface area contributed by atoms with Crippen LogP contribution in [0.15, 0.2) is 59.4 Å². The Morgan fingerprint density at radius 1 is 1.05 bits per heavy atom. The van der Waals surface area contributed by atoms with E-state index >= 15 is 0 Å². The predicted molar refractivity (Wildman–Crippen MR) is 70.5 cm³/mol. The number of nitrogens with zero attached hydrogens (tertiary/aromatic N) is 3. The molecular formula is C14H13N4O+. The molecule has 0 spiro atoms. The van der Waals surface area contributed by atoms with Gasteiger partial charge in [-0.3, -0.25) is 0 Å². The van der Waals surface area contributed by atoms with E-state index < -0.39 is 0 Å². The smallest absolute Gasteiger partial charge is 0.214 e. The molecule has 1 aromatic heterocycles. The van der Waals surface area contributed by atoms with Crippen LogP contribution in [-0.4, -0.2) is 15.0 Å². The third-order valence-corrected chi connectivity index (χ3v) is 2.85. The van der Waals surface area contributed by atoms with Gasteiger partial charge in [-0.25, -0.2) is 4.79 Å². The van der Waals surface area contributed by atoms with Crippen molar-refractivity contribution in [3.63, 3.8) is 0 Å². The topological polar surface area (TPSA) is 54.6 Å². The molecule has 0 unspecified atom stereocenters. The third-order valence-electron chi connectivity index (χ3n) is 2.85. The standard InChI is InChI=1S/C14H12N4O/c1-11-7-9-12(10-8-11)17-14(19)15-18(16-17)13-5-3-2-4-6-13/h2-10H,1H3/p+1. The van der Waals surface area contributed by atoms with E-state index in [0.717, 1.165) is 16.9 Å². The van der Waals surface area contributed by atoms with Crippen molar-refractivity contribution in [1.29, 1.82) is 0 Å². The fourth-order valence-electron chi connectivity index (χ4n) is 1.83. The van der Waals surface area contributed by atoms with Crippen LogP contribution in [0.3, 0.4) is 0 Å². The first kappa shape index (κ1) is 11.4. The molecule has 0 fully saturated rings. The quantitative estimate of drug-likeness (QED) is 0.696. The fraction of sp³-hybridized carbons (Fsp3) is 0.0714. The molecule has 5 heteroatoms. The molecule has 1 heterocycles. The van der Waals surface area contributed by atoms with Crippen molar-refractivity contribution < 1.29 is 4.80 Å². The molecule has 0 saturated carbocycles. The average Bonchev–Trinajstić information content (AvgIpc) is 2.83. The Hall–Kier alpha value is -2.69. The number of rotatable bonds is 2. The van der Waals surface area contributed by atoms with Gasteiger partial charge in [-0.15, -0.1) is 5.10 Å². The Kier molecular flexibility index (Phi) is 2.72. The summed E-state index contributed by atoms with van der Waals surface area (Å²) in [5.74, 6) is 0. The molecule has 0 amide bonds. The van der Waals surface area contributed by atoms with Crippen LogP contribution in [0.4, 0.5) is 0 Å². The summed E-state index contributed by atoms with van der Waals surface area (Å²) in [4.78, 5) is 13.4. The lowest BCUT2D eigenvalue weighted by Gasteiger charge is -1.92. The molecule has 0 atom stereocenters. The van der Waals surface area contributed by atoms with E-state index in [9.17, 15) is 4.79 Å². The second-order valence-corrected chi connectivity index (χ2v) is 4.30. The van der Waals surface area contributed by atoms with Gasteiger partial charge >= 0.3 is 5.69 Å². The van der Waals surface area contributed by atoms with Crippen LogP contribution in [0.25, 0.3) is 11.4 Å². The van der Waals surface area contributed by atoms with Gasteiger partial charge in [-0.2, -0.15) is 0 Å². The van der Waals surface area contributed by atoms with Crippen molar-refractivity contribution in [2.75, 3.05) is 0 Å². The lowest BCUT2D eigenvalue weighted by atomic mass is 10.2. The maximum atomic E-state index is 11.9. The highest BCUT2D eigenvalue weighted by Gasteiger charge is 2.16. The number of para-hydroxylation sites is 1. The van der Waals surface area contributed by atoms with Gasteiger partial charge in [0.2, 0.25) is 0 Å². The van der Waals surface area contributed by atoms with E-state index in [1.807, 2.05) is 61.5 Å². The number of aromatic amines is 1. The number of aromatic nitrogens is 4. The van der Waals surface area contributed by atoms with Crippen molar-refractivity contribution in [2.45, 2.75) is 6.92 Å². The van der Waals surface area contributed by atoms with Crippen molar-refractivity contribution in [1.82, 2.24) is 15.0 Å². The Bertz CT molecular complexity index is 741. The molecule has 3 rings (SSSR count). The first-order valence-electron chi connectivity index (χ1n) is 5.98. The summed E-state index contributed by atoms with van der Waals surface area (Å²) in [6, 6.07) is 17.1. The Balaban J connectivity index is 2.08. The second-order valence-electron chi connectivity index (χ2n) is 4.30. The molecule has 94 valence electrons. The van der Waals surface area contributed by atoms with Crippen LogP contribution in [-0.2, 0) is 0 Å². The van der Waals surface area contributed by atoms with Crippen molar-refractivity contribution in [2.24, 2.45) is 0 Å². The summed E-state index contributed by atoms with van der Waals surface area (Å²) < 4.78 is 1.34. The van der Waals surface area contributed by atoms with E-state index in [1.165, 1.54) is 9.48 Å². The number of aryl methyl sites for hydroxylation is 1. The number of hydrogen-bond donors (Lipinski definition) is 1. The summed E-state index contributed by atoms with van der Waals surface area (Å²) >= 11 is 0. The first-order chi connectivity index (χ1) is 9.24. The predicted octanol–water partition coefficient (Wildman–Crippen LogP) is 1.15. The van der Waals surface area contributed by atoms with Gasteiger partial charge in [0.25, 0.3) is 0 Å². The molecule has 0 aliphatic carbocycles. The maximum Gasteiger partial charge on any atom is 0.471 e. The van der Waals surface area contributed by atoms with Crippen molar-refractivity contribution in [3.8, 4) is 11.4 Å². The zero-order chi connectivity index (χ0) is 13.2. The normalized spacial score (nSPS) is 10.6. The Morgan fingerprint density at radius 3 is 2.42 bits per heavy atom. The lowest BCUT2D eigenvalue weighted by Crippen LogP contribution is -2.37. The molecule has 3 aromatic rings. The van der Waals surface area contributed by atoms with Gasteiger partial charge in [0.05, 0.1) is 0 Å². The minimum absolute atomic E-state index is 0.271. The summed E-state index contributed by atoms with van der Waals surface area (Å²) in [7, 11) is 0. The zero-order valence-corrected chi connectivity index (χ0v) is 10.4. The largest absolute Gasteiger partial charge is 0.471 e. The highest BCUT2D eigenvalue weighted by molar-refractivity contribution is 5.32. The Morgan fingerprint density at radius 2 is 1.74 bits per heavy atom. The van der Waals surface area contributed by atoms with Crippen molar-refractivity contribution >= 4 is 0 Å². The molecule has 0 radical (unpaired) electrons. The number of benzene rings is 2. The van der Waals surface area contributed by atoms with Gasteiger partial charge in [-0.05, 0) is 40.7 Å². The lowest BCUT2D eigenvalue weighted by molar-refractivity contribution is -0.718. The molecule has 2 aromatic carbocycles. The Labute approximate surface area is 109 Å². The van der Waals surface area contributed by atoms with Gasteiger partial charge in [0.15, 0.2) is 11.4 Å². The zero-order valence-electron chi connectivity index (χ0n) is 10.4. The van der Waals surface area contributed by atoms with E-state index in [0.29, 0.717) is 0 Å². The van der Waals surface area contributed by atoms with Crippen LogP contribution in [0.2, 0.25) is 0 Å². The summed E-state index contributed by atoms with van der Waals surface area (Å²) in [5.41, 5.74) is 2.42. The second kappa shape index (κ2) is 4.53. The fourth-order valence-corrected chi connectivity index (χ4v) is 1.83. The van der Waals surface area contributed by atoms with E-state index in [1.54, 1.807) is 0 Å². The molecule has 0 aliphatic heterocycles. The van der Waals surface area contributed by atoms with E-state index in [-0.39, 0.29) is 5.69 Å². The maximum absolute atomic E-state index is 11.9. The van der Waals surface area contributed by atoms with Gasteiger partial charge < -0.3 is 0 Å². The highest BCUT2D eigenvalue weighted by atomic mass is 16.2. The van der Waals surface area contributed by atoms with Crippen LogP contribution >= 0.6 is 0 Å². The molecule has 1 N–H and O–H groups in total. The van der Waals surface area contributed by atoms with Crippen LogP contribution in [0.1, 0.15) is 5.56 Å². The van der Waals surface area contributed by atoms with Crippen LogP contribution in [0, 0.1) is 6.92 Å². The third kappa shape index (κ3) is 2.18. The van der Waals surface area contributed by atoms with Gasteiger partial charge in [0, 0.05) is 0 Å². The van der Waals surface area contributed by atoms with Crippen LogP contribution in [0.5, 0.6) is 0 Å². The number of hydrogen-bond acceptors (Lipinski definition) is 2. The number of tetrazole rings is 1. The van der Waals surface area contributed by atoms with E-state index in [4.69, 9.17) is 0 Å². The summed E-state index contributed by atoms with van der Waals surface area (Å²) in [6.45, 7) is 2.00. The molecule has 0 aliphatic rings. The molecule has 5 nitrogen and oxygen atoms in total. The number of H-pyrrole nitrogens is 1. The minimum atomic E-state index is -0.271. The minimum Gasteiger partial charge on any atom is -0.214 e. The highest BCUT2D eigenvalue weighted by Crippen LogP contribution is 2.04. The monoisotopic (exact) mass is 253 g/mol. The molecule has 19 heavy (non-hydrogen) atoms. The number of nitrogens with one attached hydrogen (secondary N) is 1. The molecule has 0 bridgehead atoms. The van der Waals surface area contributed by atoms with Crippen molar-refractivity contribution in [3.05, 3.63) is 70.6 Å². The SMILES string of the molecule is Cc1ccc(-n2n[n+](-c3ccccc3)[nH]c2=O)cc1. The average molecular weight is 253 g/mol. The van der Waals surface area contributed by atoms with Gasteiger partial charge in [-0.1, -0.05) is 35.9 Å². The van der Waals surface area contributed by atoms with E-state index in [2.05, 4.69) is 10.3 Å². The first-order valence-corrected chi connectivity index (χ1v) is 5.98. The summed E-state index contributed by atoms with van der Waals surface area (Å²) in [6.07, 6.45) is 0. The van der Waals surface area contributed by atoms with Gasteiger partial charge in [0.1, 0.15) is 5.21 Å². The molecule has 0 saturated heterocycles.